The van der Waals surface area contributed by atoms with Crippen LogP contribution in [0.4, 0.5) is 5.82 Å². The summed E-state index contributed by atoms with van der Waals surface area (Å²) in [5.41, 5.74) is 3.30. The minimum Gasteiger partial charge on any atom is -0.488 e. The maximum Gasteiger partial charge on any atom is 0.133 e. The van der Waals surface area contributed by atoms with E-state index in [1.165, 1.54) is 11.3 Å². The molecule has 1 saturated heterocycles. The van der Waals surface area contributed by atoms with Crippen LogP contribution in [0.1, 0.15) is 35.5 Å². The van der Waals surface area contributed by atoms with Gasteiger partial charge < -0.3 is 19.9 Å². The highest BCUT2D eigenvalue weighted by atomic mass is 16.5. The quantitative estimate of drug-likeness (QED) is 0.858. The predicted molar refractivity (Wildman–Crippen MR) is 98.4 cm³/mol. The summed E-state index contributed by atoms with van der Waals surface area (Å²) >= 11 is 0. The first-order valence-electron chi connectivity index (χ1n) is 9.30. The number of rotatable bonds is 5. The van der Waals surface area contributed by atoms with Crippen molar-refractivity contribution in [3.63, 3.8) is 0 Å². The Morgan fingerprint density at radius 1 is 1.23 bits per heavy atom. The summed E-state index contributed by atoms with van der Waals surface area (Å²) in [6.07, 6.45) is 4.04. The number of hydrogen-bond acceptors (Lipinski definition) is 6. The van der Waals surface area contributed by atoms with Gasteiger partial charge in [-0.2, -0.15) is 0 Å². The van der Waals surface area contributed by atoms with Gasteiger partial charge in [-0.05, 0) is 43.9 Å². The monoisotopic (exact) mass is 355 g/mol. The van der Waals surface area contributed by atoms with Gasteiger partial charge >= 0.3 is 0 Å². The number of aromatic nitrogens is 2. The molecule has 1 fully saturated rings. The molecular weight excluding hydrogens is 330 g/mol. The van der Waals surface area contributed by atoms with Crippen molar-refractivity contribution in [3.8, 4) is 5.75 Å². The van der Waals surface area contributed by atoms with E-state index in [2.05, 4.69) is 15.3 Å². The van der Waals surface area contributed by atoms with Crippen LogP contribution in [0.15, 0.2) is 24.3 Å². The first-order valence-corrected chi connectivity index (χ1v) is 9.30. The minimum atomic E-state index is 0.0102. The summed E-state index contributed by atoms with van der Waals surface area (Å²) < 4.78 is 11.9. The lowest BCUT2D eigenvalue weighted by Gasteiger charge is -2.33. The highest BCUT2D eigenvalue weighted by molar-refractivity contribution is 5.49. The van der Waals surface area contributed by atoms with Crippen LogP contribution in [-0.2, 0) is 24.2 Å². The number of aryl methyl sites for hydroxylation is 2. The number of aliphatic hydroxyl groups is 1. The fraction of sp³-hybridized carbons (Fsp3) is 0.500. The summed E-state index contributed by atoms with van der Waals surface area (Å²) in [5.74, 6) is 2.55. The molecule has 4 rings (SSSR count). The van der Waals surface area contributed by atoms with E-state index in [4.69, 9.17) is 9.47 Å². The number of anilines is 1. The summed E-state index contributed by atoms with van der Waals surface area (Å²) in [6, 6.07) is 7.63. The zero-order valence-electron chi connectivity index (χ0n) is 15.1. The van der Waals surface area contributed by atoms with E-state index >= 15 is 0 Å². The lowest BCUT2D eigenvalue weighted by Crippen LogP contribution is -2.46. The van der Waals surface area contributed by atoms with Crippen LogP contribution in [0.25, 0.3) is 0 Å². The second kappa shape index (κ2) is 7.60. The zero-order valence-corrected chi connectivity index (χ0v) is 15.1. The van der Waals surface area contributed by atoms with Gasteiger partial charge in [0.05, 0.1) is 25.9 Å². The van der Waals surface area contributed by atoms with Crippen LogP contribution in [0, 0.1) is 6.92 Å². The summed E-state index contributed by atoms with van der Waals surface area (Å²) in [7, 11) is 0. The summed E-state index contributed by atoms with van der Waals surface area (Å²) in [6.45, 7) is 3.27. The van der Waals surface area contributed by atoms with Gasteiger partial charge in [0.1, 0.15) is 23.5 Å². The molecule has 2 aromatic rings. The molecule has 1 aromatic carbocycles. The van der Waals surface area contributed by atoms with Crippen LogP contribution < -0.4 is 10.1 Å². The first kappa shape index (κ1) is 17.2. The molecule has 2 atom stereocenters. The molecule has 0 bridgehead atoms. The second-order valence-electron chi connectivity index (χ2n) is 6.97. The van der Waals surface area contributed by atoms with Crippen molar-refractivity contribution in [1.29, 1.82) is 0 Å². The Morgan fingerprint density at radius 3 is 2.88 bits per heavy atom. The van der Waals surface area contributed by atoms with Gasteiger partial charge in [-0.1, -0.05) is 12.1 Å². The molecule has 0 spiro atoms. The van der Waals surface area contributed by atoms with Crippen LogP contribution >= 0.6 is 0 Å². The van der Waals surface area contributed by atoms with Crippen molar-refractivity contribution in [2.45, 2.75) is 51.4 Å². The lowest BCUT2D eigenvalue weighted by molar-refractivity contribution is 0.0146. The third kappa shape index (κ3) is 3.66. The smallest absolute Gasteiger partial charge is 0.133 e. The minimum absolute atomic E-state index is 0.0102. The van der Waals surface area contributed by atoms with E-state index in [0.29, 0.717) is 13.2 Å². The Hall–Kier alpha value is -2.18. The molecule has 2 aliphatic rings. The van der Waals surface area contributed by atoms with Crippen LogP contribution in [-0.4, -0.2) is 40.4 Å². The van der Waals surface area contributed by atoms with Gasteiger partial charge in [-0.3, -0.25) is 0 Å². The van der Waals surface area contributed by atoms with Crippen molar-refractivity contribution in [2.24, 2.45) is 0 Å². The largest absolute Gasteiger partial charge is 0.488 e. The fourth-order valence-electron chi connectivity index (χ4n) is 3.69. The maximum atomic E-state index is 9.18. The Balaban J connectivity index is 1.51. The van der Waals surface area contributed by atoms with E-state index < -0.39 is 0 Å². The predicted octanol–water partition coefficient (Wildman–Crippen LogP) is 2.41. The molecule has 26 heavy (non-hydrogen) atoms. The van der Waals surface area contributed by atoms with Gasteiger partial charge in [-0.25, -0.2) is 9.97 Å². The number of nitrogens with one attached hydrogen (secondary N) is 1. The van der Waals surface area contributed by atoms with Crippen molar-refractivity contribution in [3.05, 3.63) is 46.9 Å². The first-order chi connectivity index (χ1) is 12.7. The van der Waals surface area contributed by atoms with E-state index in [-0.39, 0.29) is 18.8 Å². The molecule has 2 N–H and O–H groups in total. The highest BCUT2D eigenvalue weighted by Crippen LogP contribution is 2.28. The molecule has 1 aliphatic heterocycles. The Labute approximate surface area is 153 Å². The normalized spacial score (nSPS) is 22.1. The molecule has 0 saturated carbocycles. The number of benzene rings is 1. The third-order valence-corrected chi connectivity index (χ3v) is 5.05. The summed E-state index contributed by atoms with van der Waals surface area (Å²) in [4.78, 5) is 9.22. The second-order valence-corrected chi connectivity index (χ2v) is 6.97. The molecular formula is C20H25N3O3. The molecule has 1 aliphatic carbocycles. The zero-order chi connectivity index (χ0) is 17.9. The van der Waals surface area contributed by atoms with E-state index in [9.17, 15) is 5.11 Å². The topological polar surface area (TPSA) is 76.5 Å². The van der Waals surface area contributed by atoms with Gasteiger partial charge in [0.2, 0.25) is 0 Å². The SMILES string of the molecule is Cc1nc2c(c(N[C@@H]3COCC[C@H]3Oc3ccc(CO)cc3)n1)CCC2. The van der Waals surface area contributed by atoms with Crippen LogP contribution in [0.5, 0.6) is 5.75 Å². The maximum absolute atomic E-state index is 9.18. The lowest BCUT2D eigenvalue weighted by atomic mass is 10.1. The van der Waals surface area contributed by atoms with E-state index in [1.807, 2.05) is 31.2 Å². The number of hydrogen-bond donors (Lipinski definition) is 2. The molecule has 0 amide bonds. The Morgan fingerprint density at radius 2 is 2.08 bits per heavy atom. The van der Waals surface area contributed by atoms with Crippen LogP contribution in [0.3, 0.4) is 0 Å². The van der Waals surface area contributed by atoms with Crippen molar-refractivity contribution >= 4 is 5.82 Å². The van der Waals surface area contributed by atoms with Gasteiger partial charge in [-0.15, -0.1) is 0 Å². The Kier molecular flexibility index (Phi) is 5.04. The summed E-state index contributed by atoms with van der Waals surface area (Å²) in [5, 5.41) is 12.7. The molecule has 1 aromatic heterocycles. The van der Waals surface area contributed by atoms with Gasteiger partial charge in [0.15, 0.2) is 0 Å². The average molecular weight is 355 g/mol. The van der Waals surface area contributed by atoms with Gasteiger partial charge in [0.25, 0.3) is 0 Å². The number of ether oxygens (including phenoxy) is 2. The number of fused-ring (bicyclic) bond motifs is 1. The van der Waals surface area contributed by atoms with Crippen molar-refractivity contribution in [2.75, 3.05) is 18.5 Å². The van der Waals surface area contributed by atoms with E-state index in [0.717, 1.165) is 48.6 Å². The molecule has 6 nitrogen and oxygen atoms in total. The average Bonchev–Trinajstić information content (AvgIpc) is 3.12. The molecule has 138 valence electrons. The Bertz CT molecular complexity index is 764. The molecule has 2 heterocycles. The van der Waals surface area contributed by atoms with E-state index in [1.54, 1.807) is 0 Å². The van der Waals surface area contributed by atoms with Gasteiger partial charge in [0, 0.05) is 17.7 Å². The third-order valence-electron chi connectivity index (χ3n) is 5.05. The number of aliphatic hydroxyl groups excluding tert-OH is 1. The van der Waals surface area contributed by atoms with Crippen molar-refractivity contribution in [1.82, 2.24) is 9.97 Å². The van der Waals surface area contributed by atoms with Crippen LogP contribution in [0.2, 0.25) is 0 Å². The molecule has 0 unspecified atom stereocenters. The molecule has 6 heteroatoms. The molecule has 0 radical (unpaired) electrons. The fourth-order valence-corrected chi connectivity index (χ4v) is 3.69. The number of nitrogens with zero attached hydrogens (tertiary/aromatic N) is 2. The standard InChI is InChI=1S/C20H25N3O3/c1-13-21-17-4-2-3-16(17)20(22-13)23-18-12-25-10-9-19(18)26-15-7-5-14(11-24)6-8-15/h5-8,18-19,24H,2-4,9-12H2,1H3,(H,21,22,23)/t18-,19-/m1/s1. The van der Waals surface area contributed by atoms with Crippen molar-refractivity contribution < 1.29 is 14.6 Å². The highest BCUT2D eigenvalue weighted by Gasteiger charge is 2.29.